The third-order valence-electron chi connectivity index (χ3n) is 5.39. The van der Waals surface area contributed by atoms with E-state index in [2.05, 4.69) is 12.2 Å². The van der Waals surface area contributed by atoms with Crippen molar-refractivity contribution in [3.05, 3.63) is 0 Å². The number of rotatable bonds is 7. The predicted molar refractivity (Wildman–Crippen MR) is 98.6 cm³/mol. The monoisotopic (exact) mass is 392 g/mol. The molecule has 0 spiro atoms. The van der Waals surface area contributed by atoms with Crippen molar-refractivity contribution in [2.45, 2.75) is 68.1 Å². The zero-order valence-electron chi connectivity index (χ0n) is 15.6. The minimum atomic E-state index is -1.40. The van der Waals surface area contributed by atoms with E-state index in [4.69, 9.17) is 4.74 Å². The number of nitrogens with zero attached hydrogens (tertiary/aromatic N) is 1. The molecule has 0 aromatic heterocycles. The number of hydrogen-bond donors (Lipinski definition) is 5. The standard InChI is InChI=1S/C17H32N2O6S/c1-4-5-9-6-11(19(2)7-9)16(24)18-10(8-20)15-13(22)12(21)14(23)17(25-15)26-3/h9-15,17,20-23H,4-8H2,1-3H3,(H,18,24)/t9-,10-,11+,12?,13?,14?,15?,17?/m1/s1. The van der Waals surface area contributed by atoms with Crippen LogP contribution in [0.5, 0.6) is 0 Å². The fraction of sp³-hybridized carbons (Fsp3) is 0.941. The fourth-order valence-corrected chi connectivity index (χ4v) is 4.62. The normalized spacial score (nSPS) is 39.7. The Bertz CT molecular complexity index is 469. The topological polar surface area (TPSA) is 122 Å². The molecule has 2 fully saturated rings. The molecule has 2 saturated heterocycles. The Morgan fingerprint density at radius 1 is 1.31 bits per heavy atom. The summed E-state index contributed by atoms with van der Waals surface area (Å²) in [4.78, 5) is 14.7. The Kier molecular flexibility index (Phi) is 8.14. The molecule has 0 aliphatic carbocycles. The number of aliphatic hydroxyl groups excluding tert-OH is 4. The Balaban J connectivity index is 2.02. The zero-order chi connectivity index (χ0) is 19.4. The number of likely N-dealkylation sites (N-methyl/N-ethyl adjacent to an activating group) is 1. The summed E-state index contributed by atoms with van der Waals surface area (Å²) < 4.78 is 5.65. The average molecular weight is 393 g/mol. The Morgan fingerprint density at radius 3 is 2.58 bits per heavy atom. The van der Waals surface area contributed by atoms with Crippen LogP contribution in [-0.4, -0.2) is 99.6 Å². The maximum Gasteiger partial charge on any atom is 0.237 e. The highest BCUT2D eigenvalue weighted by molar-refractivity contribution is 7.99. The summed E-state index contributed by atoms with van der Waals surface area (Å²) in [5, 5.41) is 42.7. The van der Waals surface area contributed by atoms with Crippen molar-refractivity contribution < 1.29 is 30.0 Å². The number of amides is 1. The van der Waals surface area contributed by atoms with Crippen LogP contribution in [0, 0.1) is 5.92 Å². The lowest BCUT2D eigenvalue weighted by molar-refractivity contribution is -0.207. The predicted octanol–water partition coefficient (Wildman–Crippen LogP) is -1.25. The van der Waals surface area contributed by atoms with Crippen LogP contribution in [0.2, 0.25) is 0 Å². The summed E-state index contributed by atoms with van der Waals surface area (Å²) in [5.41, 5.74) is -0.743. The van der Waals surface area contributed by atoms with Crippen molar-refractivity contribution in [3.63, 3.8) is 0 Å². The van der Waals surface area contributed by atoms with E-state index < -0.39 is 42.5 Å². The van der Waals surface area contributed by atoms with Gasteiger partial charge in [-0.25, -0.2) is 0 Å². The molecule has 0 radical (unpaired) electrons. The van der Waals surface area contributed by atoms with Gasteiger partial charge in [0.1, 0.15) is 29.9 Å². The summed E-state index contributed by atoms with van der Waals surface area (Å²) in [6.45, 7) is 2.54. The van der Waals surface area contributed by atoms with Gasteiger partial charge < -0.3 is 30.5 Å². The van der Waals surface area contributed by atoms with Crippen LogP contribution in [0.1, 0.15) is 26.2 Å². The molecule has 2 heterocycles. The Labute approximate surface area is 158 Å². The van der Waals surface area contributed by atoms with Gasteiger partial charge in [0.05, 0.1) is 18.7 Å². The molecule has 26 heavy (non-hydrogen) atoms. The number of thioether (sulfide) groups is 1. The van der Waals surface area contributed by atoms with Gasteiger partial charge in [-0.05, 0) is 32.1 Å². The summed E-state index contributed by atoms with van der Waals surface area (Å²) >= 11 is 1.20. The van der Waals surface area contributed by atoms with Crippen molar-refractivity contribution in [2.75, 3.05) is 26.5 Å². The molecule has 5 N–H and O–H groups in total. The van der Waals surface area contributed by atoms with E-state index in [1.165, 1.54) is 11.8 Å². The molecule has 9 heteroatoms. The van der Waals surface area contributed by atoms with Crippen molar-refractivity contribution in [1.29, 1.82) is 0 Å². The van der Waals surface area contributed by atoms with Gasteiger partial charge in [-0.1, -0.05) is 13.3 Å². The van der Waals surface area contributed by atoms with Gasteiger partial charge in [-0.3, -0.25) is 9.69 Å². The van der Waals surface area contributed by atoms with E-state index in [1.54, 1.807) is 6.26 Å². The van der Waals surface area contributed by atoms with Gasteiger partial charge in [-0.2, -0.15) is 0 Å². The number of nitrogens with one attached hydrogen (secondary N) is 1. The first-order valence-corrected chi connectivity index (χ1v) is 10.5. The summed E-state index contributed by atoms with van der Waals surface area (Å²) in [6.07, 6.45) is -0.424. The molecule has 2 rings (SSSR count). The SMILES string of the molecule is CCC[C@@H]1C[C@@H](C(=O)N[C@H](CO)C2OC(SC)C(O)C(O)C2O)N(C)C1. The zero-order valence-corrected chi connectivity index (χ0v) is 16.4. The lowest BCUT2D eigenvalue weighted by Gasteiger charge is -2.43. The van der Waals surface area contributed by atoms with Crippen LogP contribution in [0.4, 0.5) is 0 Å². The molecule has 0 saturated carbocycles. The summed E-state index contributed by atoms with van der Waals surface area (Å²) in [7, 11) is 1.91. The van der Waals surface area contributed by atoms with E-state index in [0.29, 0.717) is 5.92 Å². The molecular weight excluding hydrogens is 360 g/mol. The lowest BCUT2D eigenvalue weighted by Crippen LogP contribution is -2.64. The molecule has 2 aliphatic rings. The van der Waals surface area contributed by atoms with Crippen molar-refractivity contribution in [2.24, 2.45) is 5.92 Å². The third-order valence-corrected chi connectivity index (χ3v) is 6.25. The number of hydrogen-bond acceptors (Lipinski definition) is 8. The largest absolute Gasteiger partial charge is 0.394 e. The molecule has 152 valence electrons. The van der Waals surface area contributed by atoms with E-state index >= 15 is 0 Å². The average Bonchev–Trinajstić information content (AvgIpc) is 2.99. The van der Waals surface area contributed by atoms with Gasteiger partial charge >= 0.3 is 0 Å². The summed E-state index contributed by atoms with van der Waals surface area (Å²) in [6, 6.07) is -1.15. The third kappa shape index (κ3) is 4.70. The smallest absolute Gasteiger partial charge is 0.237 e. The van der Waals surface area contributed by atoms with E-state index in [-0.39, 0.29) is 11.9 Å². The molecule has 5 unspecified atom stereocenters. The molecule has 0 aromatic rings. The van der Waals surface area contributed by atoms with Crippen molar-refractivity contribution in [3.8, 4) is 0 Å². The van der Waals surface area contributed by atoms with Crippen LogP contribution < -0.4 is 5.32 Å². The molecular formula is C17H32N2O6S. The lowest BCUT2D eigenvalue weighted by atomic mass is 9.94. The number of ether oxygens (including phenoxy) is 1. The fourth-order valence-electron chi connectivity index (χ4n) is 3.94. The second kappa shape index (κ2) is 9.68. The quantitative estimate of drug-likeness (QED) is 0.364. The Hall–Kier alpha value is -0.420. The van der Waals surface area contributed by atoms with Crippen LogP contribution in [0.25, 0.3) is 0 Å². The first-order valence-electron chi connectivity index (χ1n) is 9.17. The van der Waals surface area contributed by atoms with Crippen LogP contribution >= 0.6 is 11.8 Å². The molecule has 0 bridgehead atoms. The van der Waals surface area contributed by atoms with Crippen molar-refractivity contribution in [1.82, 2.24) is 10.2 Å². The van der Waals surface area contributed by atoms with Gasteiger partial charge in [0.2, 0.25) is 5.91 Å². The summed E-state index contributed by atoms with van der Waals surface area (Å²) in [5.74, 6) is 0.255. The molecule has 2 aliphatic heterocycles. The van der Waals surface area contributed by atoms with E-state index in [1.807, 2.05) is 11.9 Å². The highest BCUT2D eigenvalue weighted by atomic mass is 32.2. The van der Waals surface area contributed by atoms with E-state index in [0.717, 1.165) is 25.8 Å². The van der Waals surface area contributed by atoms with E-state index in [9.17, 15) is 25.2 Å². The maximum atomic E-state index is 12.7. The van der Waals surface area contributed by atoms with Gasteiger partial charge in [-0.15, -0.1) is 11.8 Å². The first kappa shape index (κ1) is 21.9. The highest BCUT2D eigenvalue weighted by Gasteiger charge is 2.47. The Morgan fingerprint density at radius 2 is 2.00 bits per heavy atom. The maximum absolute atomic E-state index is 12.7. The molecule has 1 amide bonds. The second-order valence-corrected chi connectivity index (χ2v) is 8.26. The van der Waals surface area contributed by atoms with Crippen LogP contribution in [-0.2, 0) is 9.53 Å². The number of likely N-dealkylation sites (tertiary alicyclic amines) is 1. The van der Waals surface area contributed by atoms with Gasteiger partial charge in [0.25, 0.3) is 0 Å². The number of carbonyl (C=O) groups excluding carboxylic acids is 1. The molecule has 8 atom stereocenters. The van der Waals surface area contributed by atoms with Crippen LogP contribution in [0.15, 0.2) is 0 Å². The minimum Gasteiger partial charge on any atom is -0.394 e. The highest BCUT2D eigenvalue weighted by Crippen LogP contribution is 2.29. The van der Waals surface area contributed by atoms with Crippen LogP contribution in [0.3, 0.4) is 0 Å². The molecule has 8 nitrogen and oxygen atoms in total. The minimum absolute atomic E-state index is 0.220. The van der Waals surface area contributed by atoms with Gasteiger partial charge in [0, 0.05) is 6.54 Å². The number of carbonyl (C=O) groups is 1. The first-order chi connectivity index (χ1) is 12.3. The number of aliphatic hydroxyl groups is 4. The molecule has 0 aromatic carbocycles. The van der Waals surface area contributed by atoms with Crippen molar-refractivity contribution >= 4 is 17.7 Å². The second-order valence-electron chi connectivity index (χ2n) is 7.32. The van der Waals surface area contributed by atoms with Gasteiger partial charge in [0.15, 0.2) is 0 Å².